The average molecular weight is 422 g/mol. The third-order valence-corrected chi connectivity index (χ3v) is 6.04. The Bertz CT molecular complexity index is 1030. The SMILES string of the molecule is O=C(N/C=C/c1ccccc1O)C(C[PH](=O)O)c1csc2ccc(Cl)cc12. The molecule has 5 nitrogen and oxygen atoms in total. The molecule has 27 heavy (non-hydrogen) atoms. The van der Waals surface area contributed by atoms with Crippen molar-refractivity contribution in [1.29, 1.82) is 0 Å². The molecule has 3 aromatic rings. The van der Waals surface area contributed by atoms with Crippen molar-refractivity contribution >= 4 is 53.0 Å². The summed E-state index contributed by atoms with van der Waals surface area (Å²) in [4.78, 5) is 22.1. The van der Waals surface area contributed by atoms with Crippen molar-refractivity contribution in [2.45, 2.75) is 5.92 Å². The van der Waals surface area contributed by atoms with E-state index in [0.29, 0.717) is 16.1 Å². The number of carbonyl (C=O) groups excluding carboxylic acids is 1. The lowest BCUT2D eigenvalue weighted by atomic mass is 9.99. The molecular formula is C19H17ClNO4PS. The number of para-hydroxylation sites is 1. The maximum Gasteiger partial charge on any atom is 0.232 e. The van der Waals surface area contributed by atoms with Gasteiger partial charge in [0.2, 0.25) is 5.91 Å². The van der Waals surface area contributed by atoms with Gasteiger partial charge in [0.05, 0.1) is 5.92 Å². The molecule has 1 aromatic heterocycles. The fourth-order valence-corrected chi connectivity index (χ4v) is 4.67. The molecular weight excluding hydrogens is 405 g/mol. The summed E-state index contributed by atoms with van der Waals surface area (Å²) in [5, 5.41) is 15.6. The number of fused-ring (bicyclic) bond motifs is 1. The van der Waals surface area contributed by atoms with Gasteiger partial charge >= 0.3 is 0 Å². The summed E-state index contributed by atoms with van der Waals surface area (Å²) in [5.41, 5.74) is 1.23. The van der Waals surface area contributed by atoms with Gasteiger partial charge in [-0.25, -0.2) is 0 Å². The molecule has 0 fully saturated rings. The van der Waals surface area contributed by atoms with Crippen LogP contribution < -0.4 is 5.32 Å². The van der Waals surface area contributed by atoms with E-state index >= 15 is 0 Å². The van der Waals surface area contributed by atoms with Crippen LogP contribution in [0.15, 0.2) is 54.0 Å². The van der Waals surface area contributed by atoms with Gasteiger partial charge in [-0.3, -0.25) is 9.36 Å². The number of nitrogens with one attached hydrogen (secondary N) is 1. The van der Waals surface area contributed by atoms with Gasteiger partial charge in [0.1, 0.15) is 5.75 Å². The van der Waals surface area contributed by atoms with Crippen molar-refractivity contribution in [2.24, 2.45) is 0 Å². The molecule has 1 amide bonds. The van der Waals surface area contributed by atoms with Gasteiger partial charge in [0.25, 0.3) is 0 Å². The summed E-state index contributed by atoms with van der Waals surface area (Å²) in [6, 6.07) is 12.1. The molecule has 2 atom stereocenters. The lowest BCUT2D eigenvalue weighted by Gasteiger charge is -2.14. The molecule has 1 heterocycles. The number of hydrogen-bond acceptors (Lipinski definition) is 4. The first kappa shape index (κ1) is 19.6. The molecule has 0 radical (unpaired) electrons. The smallest absolute Gasteiger partial charge is 0.232 e. The predicted molar refractivity (Wildman–Crippen MR) is 111 cm³/mol. The minimum atomic E-state index is -2.87. The molecule has 2 unspecified atom stereocenters. The van der Waals surface area contributed by atoms with E-state index in [1.165, 1.54) is 17.5 Å². The minimum Gasteiger partial charge on any atom is -0.507 e. The molecule has 0 bridgehead atoms. The van der Waals surface area contributed by atoms with Crippen LogP contribution in [0.2, 0.25) is 5.02 Å². The van der Waals surface area contributed by atoms with Gasteiger partial charge < -0.3 is 15.3 Å². The van der Waals surface area contributed by atoms with E-state index in [9.17, 15) is 19.4 Å². The molecule has 2 aromatic carbocycles. The molecule has 140 valence electrons. The van der Waals surface area contributed by atoms with Crippen LogP contribution >= 0.6 is 31.0 Å². The van der Waals surface area contributed by atoms with Crippen LogP contribution in [-0.2, 0) is 9.36 Å². The zero-order chi connectivity index (χ0) is 19.4. The molecule has 0 saturated carbocycles. The minimum absolute atomic E-state index is 0.0958. The third kappa shape index (κ3) is 4.79. The van der Waals surface area contributed by atoms with E-state index in [1.807, 2.05) is 11.4 Å². The lowest BCUT2D eigenvalue weighted by molar-refractivity contribution is -0.121. The summed E-state index contributed by atoms with van der Waals surface area (Å²) in [6.07, 6.45) is 2.83. The number of thiophene rings is 1. The zero-order valence-corrected chi connectivity index (χ0v) is 16.6. The van der Waals surface area contributed by atoms with Gasteiger partial charge in [-0.2, -0.15) is 0 Å². The van der Waals surface area contributed by atoms with E-state index in [-0.39, 0.29) is 11.9 Å². The fraction of sp³-hybridized carbons (Fsp3) is 0.105. The monoisotopic (exact) mass is 421 g/mol. The second-order valence-electron chi connectivity index (χ2n) is 5.88. The highest BCUT2D eigenvalue weighted by Crippen LogP contribution is 2.36. The predicted octanol–water partition coefficient (Wildman–Crippen LogP) is 4.60. The first-order chi connectivity index (χ1) is 13.0. The molecule has 0 aliphatic carbocycles. The first-order valence-corrected chi connectivity index (χ1v) is 10.9. The van der Waals surface area contributed by atoms with E-state index < -0.39 is 19.9 Å². The molecule has 3 rings (SSSR count). The highest BCUT2D eigenvalue weighted by atomic mass is 35.5. The number of benzene rings is 2. The van der Waals surface area contributed by atoms with Crippen molar-refractivity contribution in [3.05, 3.63) is 70.2 Å². The molecule has 8 heteroatoms. The Labute approximate surface area is 165 Å². The van der Waals surface area contributed by atoms with Crippen molar-refractivity contribution in [3.63, 3.8) is 0 Å². The van der Waals surface area contributed by atoms with Crippen LogP contribution in [0.4, 0.5) is 0 Å². The number of phenols is 1. The summed E-state index contributed by atoms with van der Waals surface area (Å²) < 4.78 is 12.4. The van der Waals surface area contributed by atoms with Crippen molar-refractivity contribution in [2.75, 3.05) is 6.16 Å². The largest absolute Gasteiger partial charge is 0.507 e. The van der Waals surface area contributed by atoms with E-state index in [4.69, 9.17) is 11.6 Å². The van der Waals surface area contributed by atoms with E-state index in [2.05, 4.69) is 5.32 Å². The van der Waals surface area contributed by atoms with Crippen LogP contribution in [-0.4, -0.2) is 22.1 Å². The Balaban J connectivity index is 1.85. The summed E-state index contributed by atoms with van der Waals surface area (Å²) in [5.74, 6) is -1.07. The Kier molecular flexibility index (Phi) is 6.34. The molecule has 0 spiro atoms. The number of hydrogen-bond donors (Lipinski definition) is 3. The van der Waals surface area contributed by atoms with Gasteiger partial charge in [0, 0.05) is 27.6 Å². The summed E-state index contributed by atoms with van der Waals surface area (Å²) in [6.45, 7) is 0. The maximum atomic E-state index is 12.7. The highest BCUT2D eigenvalue weighted by molar-refractivity contribution is 7.38. The van der Waals surface area contributed by atoms with Crippen LogP contribution in [0.25, 0.3) is 16.2 Å². The van der Waals surface area contributed by atoms with Crippen LogP contribution in [0, 0.1) is 0 Å². The number of carbonyl (C=O) groups is 1. The van der Waals surface area contributed by atoms with Crippen molar-refractivity contribution < 1.29 is 19.4 Å². The Morgan fingerprint density at radius 3 is 2.81 bits per heavy atom. The van der Waals surface area contributed by atoms with Crippen LogP contribution in [0.5, 0.6) is 5.75 Å². The highest BCUT2D eigenvalue weighted by Gasteiger charge is 2.25. The van der Waals surface area contributed by atoms with E-state index in [1.54, 1.807) is 42.5 Å². The summed E-state index contributed by atoms with van der Waals surface area (Å²) >= 11 is 7.52. The van der Waals surface area contributed by atoms with E-state index in [0.717, 1.165) is 10.1 Å². The summed E-state index contributed by atoms with van der Waals surface area (Å²) in [7, 11) is -2.87. The Hall–Kier alpha value is -2.11. The van der Waals surface area contributed by atoms with Gasteiger partial charge in [-0.05, 0) is 46.7 Å². The van der Waals surface area contributed by atoms with Crippen LogP contribution in [0.3, 0.4) is 0 Å². The third-order valence-electron chi connectivity index (χ3n) is 4.06. The van der Waals surface area contributed by atoms with Crippen molar-refractivity contribution in [3.8, 4) is 5.75 Å². The first-order valence-electron chi connectivity index (χ1n) is 8.09. The van der Waals surface area contributed by atoms with Gasteiger partial charge in [-0.1, -0.05) is 29.8 Å². The zero-order valence-electron chi connectivity index (χ0n) is 14.1. The molecule has 0 aliphatic rings. The standard InChI is InChI=1S/C19H17ClNO4PS/c20-13-5-6-18-14(9-13)16(11-27-18)15(10-26(24)25)19(23)21-8-7-12-3-1-2-4-17(12)22/h1-9,11,15,22,26H,10H2,(H,21,23)(H,24,25)/b8-7+. The maximum absolute atomic E-state index is 12.7. The van der Waals surface area contributed by atoms with Crippen LogP contribution in [0.1, 0.15) is 17.0 Å². The van der Waals surface area contributed by atoms with Gasteiger partial charge in [-0.15, -0.1) is 11.3 Å². The number of amides is 1. The number of phenolic OH excluding ortho intramolecular Hbond substituents is 1. The number of halogens is 1. The normalized spacial score (nSPS) is 13.7. The molecule has 3 N–H and O–H groups in total. The topological polar surface area (TPSA) is 86.6 Å². The second kappa shape index (κ2) is 8.72. The second-order valence-corrected chi connectivity index (χ2v) is 8.43. The quantitative estimate of drug-likeness (QED) is 0.508. The number of aromatic hydroxyl groups is 1. The Morgan fingerprint density at radius 1 is 1.30 bits per heavy atom. The molecule has 0 aliphatic heterocycles. The lowest BCUT2D eigenvalue weighted by Crippen LogP contribution is -2.26. The number of rotatable bonds is 6. The average Bonchev–Trinajstić information content (AvgIpc) is 3.03. The van der Waals surface area contributed by atoms with Crippen molar-refractivity contribution in [1.82, 2.24) is 5.32 Å². The fourth-order valence-electron chi connectivity index (χ4n) is 2.75. The Morgan fingerprint density at radius 2 is 2.07 bits per heavy atom. The molecule has 0 saturated heterocycles. The van der Waals surface area contributed by atoms with Gasteiger partial charge in [0.15, 0.2) is 8.03 Å².